The molecule has 4 rings (SSSR count). The Bertz CT molecular complexity index is 848. The maximum Gasteiger partial charge on any atom is 0.318 e. The van der Waals surface area contributed by atoms with Gasteiger partial charge in [-0.2, -0.15) is 0 Å². The van der Waals surface area contributed by atoms with Crippen molar-refractivity contribution in [1.29, 1.82) is 0 Å². The van der Waals surface area contributed by atoms with E-state index in [1.54, 1.807) is 21.9 Å². The average molecular weight is 374 g/mol. The van der Waals surface area contributed by atoms with Crippen molar-refractivity contribution in [2.24, 2.45) is 0 Å². The zero-order valence-electron chi connectivity index (χ0n) is 14.5. The fourth-order valence-electron chi connectivity index (χ4n) is 3.55. The van der Waals surface area contributed by atoms with E-state index in [1.165, 1.54) is 0 Å². The fraction of sp³-hybridized carbons (Fsp3) is 0.389. The number of aromatic amines is 1. The van der Waals surface area contributed by atoms with Crippen molar-refractivity contribution in [2.75, 3.05) is 18.0 Å². The molecule has 26 heavy (non-hydrogen) atoms. The highest BCUT2D eigenvalue weighted by Gasteiger charge is 2.33. The minimum absolute atomic E-state index is 0.00254. The monoisotopic (exact) mass is 373 g/mol. The Labute approximate surface area is 156 Å². The van der Waals surface area contributed by atoms with E-state index in [1.807, 2.05) is 19.1 Å². The Morgan fingerprint density at radius 1 is 1.35 bits per heavy atom. The van der Waals surface area contributed by atoms with Crippen LogP contribution in [0.4, 0.5) is 10.5 Å². The quantitative estimate of drug-likeness (QED) is 0.847. The Kier molecular flexibility index (Phi) is 4.32. The number of nitrogens with one attached hydrogen (secondary N) is 2. The Morgan fingerprint density at radius 3 is 2.88 bits per heavy atom. The normalized spacial score (nSPS) is 19.6. The summed E-state index contributed by atoms with van der Waals surface area (Å²) >= 11 is 5.90. The molecule has 8 heteroatoms. The fourth-order valence-corrected chi connectivity index (χ4v) is 3.68. The molecule has 0 bridgehead atoms. The first-order valence-corrected chi connectivity index (χ1v) is 9.03. The number of H-pyrrole nitrogens is 1. The van der Waals surface area contributed by atoms with Crippen molar-refractivity contribution < 1.29 is 9.59 Å². The molecule has 0 unspecified atom stereocenters. The molecular formula is C18H20ClN5O2. The molecule has 3 amide bonds. The van der Waals surface area contributed by atoms with Crippen molar-refractivity contribution in [1.82, 2.24) is 20.2 Å². The van der Waals surface area contributed by atoms with Crippen molar-refractivity contribution in [3.63, 3.8) is 0 Å². The molecule has 7 nitrogen and oxygen atoms in total. The SMILES string of the molecule is Cc1nc2c([nH]1)CN(C(=O)N[C@@H]1CC(=O)N(c3ccc(Cl)cc3)C1)CC2. The summed E-state index contributed by atoms with van der Waals surface area (Å²) in [4.78, 5) is 36.0. The smallest absolute Gasteiger partial charge is 0.318 e. The van der Waals surface area contributed by atoms with Crippen LogP contribution in [0.25, 0.3) is 0 Å². The van der Waals surface area contributed by atoms with Crippen LogP contribution < -0.4 is 10.2 Å². The number of hydrogen-bond acceptors (Lipinski definition) is 3. The lowest BCUT2D eigenvalue weighted by Gasteiger charge is -2.27. The number of fused-ring (bicyclic) bond motifs is 1. The van der Waals surface area contributed by atoms with Gasteiger partial charge in [0, 0.05) is 36.6 Å². The van der Waals surface area contributed by atoms with E-state index in [4.69, 9.17) is 11.6 Å². The minimum Gasteiger partial charge on any atom is -0.344 e. The summed E-state index contributed by atoms with van der Waals surface area (Å²) in [5, 5.41) is 3.62. The number of benzene rings is 1. The number of carbonyl (C=O) groups excluding carboxylic acids is 2. The second kappa shape index (κ2) is 6.64. The van der Waals surface area contributed by atoms with Gasteiger partial charge in [0.05, 0.1) is 24.0 Å². The van der Waals surface area contributed by atoms with Gasteiger partial charge in [0.2, 0.25) is 5.91 Å². The molecule has 1 aromatic heterocycles. The molecule has 1 saturated heterocycles. The summed E-state index contributed by atoms with van der Waals surface area (Å²) in [6.07, 6.45) is 1.05. The van der Waals surface area contributed by atoms with Crippen LogP contribution in [0.1, 0.15) is 23.6 Å². The lowest BCUT2D eigenvalue weighted by atomic mass is 10.1. The molecule has 0 radical (unpaired) electrons. The topological polar surface area (TPSA) is 81.3 Å². The second-order valence-electron chi connectivity index (χ2n) is 6.75. The third kappa shape index (κ3) is 3.26. The van der Waals surface area contributed by atoms with Gasteiger partial charge >= 0.3 is 6.03 Å². The van der Waals surface area contributed by atoms with Crippen molar-refractivity contribution in [2.45, 2.75) is 32.4 Å². The standard InChI is InChI=1S/C18H20ClN5O2/c1-11-20-15-6-7-23(10-16(15)21-11)18(26)22-13-8-17(25)24(9-13)14-4-2-12(19)3-5-14/h2-5,13H,6-10H2,1H3,(H,20,21)(H,22,26)/t13-/m1/s1. The van der Waals surface area contributed by atoms with Gasteiger partial charge in [-0.05, 0) is 31.2 Å². The van der Waals surface area contributed by atoms with Crippen molar-refractivity contribution in [3.05, 3.63) is 46.5 Å². The number of hydrogen-bond donors (Lipinski definition) is 2. The van der Waals surface area contributed by atoms with E-state index in [9.17, 15) is 9.59 Å². The van der Waals surface area contributed by atoms with Crippen LogP contribution in [0.2, 0.25) is 5.02 Å². The molecule has 1 fully saturated rings. The Morgan fingerprint density at radius 2 is 2.12 bits per heavy atom. The Balaban J connectivity index is 1.38. The number of imidazole rings is 1. The van der Waals surface area contributed by atoms with E-state index in [0.29, 0.717) is 31.1 Å². The maximum atomic E-state index is 12.6. The molecule has 2 aliphatic heterocycles. The van der Waals surface area contributed by atoms with Gasteiger partial charge in [0.1, 0.15) is 5.82 Å². The molecule has 0 spiro atoms. The highest BCUT2D eigenvalue weighted by molar-refractivity contribution is 6.30. The largest absolute Gasteiger partial charge is 0.344 e. The maximum absolute atomic E-state index is 12.6. The number of anilines is 1. The summed E-state index contributed by atoms with van der Waals surface area (Å²) in [7, 11) is 0. The number of halogens is 1. The van der Waals surface area contributed by atoms with Gasteiger partial charge in [-0.25, -0.2) is 9.78 Å². The molecule has 0 saturated carbocycles. The summed E-state index contributed by atoms with van der Waals surface area (Å²) in [6.45, 7) is 3.53. The summed E-state index contributed by atoms with van der Waals surface area (Å²) < 4.78 is 0. The van der Waals surface area contributed by atoms with Gasteiger partial charge in [-0.1, -0.05) is 11.6 Å². The predicted octanol–water partition coefficient (Wildman–Crippen LogP) is 2.24. The van der Waals surface area contributed by atoms with Gasteiger partial charge in [-0.3, -0.25) is 4.79 Å². The van der Waals surface area contributed by atoms with E-state index in [2.05, 4.69) is 15.3 Å². The van der Waals surface area contributed by atoms with Crippen LogP contribution in [-0.4, -0.2) is 45.9 Å². The molecule has 2 aliphatic rings. The number of amides is 3. The van der Waals surface area contributed by atoms with Gasteiger partial charge in [0.15, 0.2) is 0 Å². The van der Waals surface area contributed by atoms with E-state index >= 15 is 0 Å². The van der Waals surface area contributed by atoms with Crippen molar-refractivity contribution in [3.8, 4) is 0 Å². The third-order valence-electron chi connectivity index (χ3n) is 4.83. The lowest BCUT2D eigenvalue weighted by Crippen LogP contribution is -2.47. The number of aromatic nitrogens is 2. The summed E-state index contributed by atoms with van der Waals surface area (Å²) in [5.74, 6) is 0.875. The summed E-state index contributed by atoms with van der Waals surface area (Å²) in [5.41, 5.74) is 2.83. The molecule has 1 atom stereocenters. The van der Waals surface area contributed by atoms with Crippen LogP contribution >= 0.6 is 11.6 Å². The number of aryl methyl sites for hydroxylation is 1. The number of rotatable bonds is 2. The summed E-state index contributed by atoms with van der Waals surface area (Å²) in [6, 6.07) is 6.81. The number of nitrogens with zero attached hydrogens (tertiary/aromatic N) is 3. The van der Waals surface area contributed by atoms with Gasteiger partial charge < -0.3 is 20.1 Å². The highest BCUT2D eigenvalue weighted by Crippen LogP contribution is 2.24. The molecule has 0 aliphatic carbocycles. The zero-order chi connectivity index (χ0) is 18.3. The van der Waals surface area contributed by atoms with Crippen LogP contribution in [0.15, 0.2) is 24.3 Å². The molecule has 136 valence electrons. The molecule has 1 aromatic carbocycles. The molecule has 2 N–H and O–H groups in total. The van der Waals surface area contributed by atoms with Gasteiger partial charge in [0.25, 0.3) is 0 Å². The van der Waals surface area contributed by atoms with E-state index in [0.717, 1.165) is 29.3 Å². The minimum atomic E-state index is -0.199. The van der Waals surface area contributed by atoms with Crippen LogP contribution in [0, 0.1) is 6.92 Å². The zero-order valence-corrected chi connectivity index (χ0v) is 15.2. The molecule has 3 heterocycles. The first-order valence-electron chi connectivity index (χ1n) is 8.65. The van der Waals surface area contributed by atoms with Gasteiger partial charge in [-0.15, -0.1) is 0 Å². The Hall–Kier alpha value is -2.54. The average Bonchev–Trinajstić information content (AvgIpc) is 3.16. The van der Waals surface area contributed by atoms with Crippen molar-refractivity contribution >= 4 is 29.2 Å². The highest BCUT2D eigenvalue weighted by atomic mass is 35.5. The van der Waals surface area contributed by atoms with Crippen LogP contribution in [0.3, 0.4) is 0 Å². The predicted molar refractivity (Wildman–Crippen MR) is 98.2 cm³/mol. The van der Waals surface area contributed by atoms with E-state index < -0.39 is 0 Å². The van der Waals surface area contributed by atoms with Crippen LogP contribution in [0.5, 0.6) is 0 Å². The number of urea groups is 1. The van der Waals surface area contributed by atoms with Crippen LogP contribution in [-0.2, 0) is 17.8 Å². The first kappa shape index (κ1) is 16.9. The molecule has 2 aromatic rings. The van der Waals surface area contributed by atoms with E-state index in [-0.39, 0.29) is 18.0 Å². The third-order valence-corrected chi connectivity index (χ3v) is 5.08. The number of carbonyl (C=O) groups is 2. The first-order chi connectivity index (χ1) is 12.5. The lowest BCUT2D eigenvalue weighted by molar-refractivity contribution is -0.117. The second-order valence-corrected chi connectivity index (χ2v) is 7.19. The molecular weight excluding hydrogens is 354 g/mol.